The number of aliphatic hydroxyl groups excluding tert-OH is 1. The molecule has 0 aromatic rings. The van der Waals surface area contributed by atoms with E-state index in [0.717, 1.165) is 0 Å². The van der Waals surface area contributed by atoms with Gasteiger partial charge in [0.1, 0.15) is 0 Å². The number of carbonyl (C=O) groups excluding carboxylic acids is 1. The van der Waals surface area contributed by atoms with E-state index in [1.165, 1.54) is 19.9 Å². The summed E-state index contributed by atoms with van der Waals surface area (Å²) in [4.78, 5) is 8.40. The number of hydrogen-bond acceptors (Lipinski definition) is 1. The minimum absolute atomic E-state index is 0. The maximum Gasteiger partial charge on any atom is 2.00 e. The van der Waals surface area contributed by atoms with E-state index >= 15 is 0 Å². The van der Waals surface area contributed by atoms with Crippen molar-refractivity contribution in [3.63, 3.8) is 0 Å². The van der Waals surface area contributed by atoms with E-state index in [4.69, 9.17) is 9.90 Å². The minimum Gasteiger partial charge on any atom is -0.512 e. The zero-order valence-electron chi connectivity index (χ0n) is 4.79. The van der Waals surface area contributed by atoms with Crippen molar-refractivity contribution in [1.29, 1.82) is 0 Å². The Balaban J connectivity index is 0. The van der Waals surface area contributed by atoms with Gasteiger partial charge in [0, 0.05) is 0 Å². The van der Waals surface area contributed by atoms with Gasteiger partial charge in [0.15, 0.2) is 0 Å². The maximum absolute atomic E-state index is 8.40. The summed E-state index contributed by atoms with van der Waals surface area (Å²) in [5.41, 5.74) is 0. The predicted octanol–water partition coefficient (Wildman–Crippen LogP) is 1.01. The second-order valence-electron chi connectivity index (χ2n) is 1.43. The Labute approximate surface area is 62.9 Å². The van der Waals surface area contributed by atoms with Crippen LogP contribution in [-0.4, -0.2) is 15.7 Å². The minimum atomic E-state index is 0. The second kappa shape index (κ2) is 5.04. The quantitative estimate of drug-likeness (QED) is 0.438. The molecule has 0 unspecified atom stereocenters. The molecular formula is C5H9O2Pt+3. The molecule has 0 rings (SSSR count). The van der Waals surface area contributed by atoms with Crippen LogP contribution in [0.2, 0.25) is 0 Å². The largest absolute Gasteiger partial charge is 2.00 e. The van der Waals surface area contributed by atoms with Crippen LogP contribution in [0.4, 0.5) is 0 Å². The number of aliphatic hydroxyl groups is 1. The molecule has 0 aliphatic carbocycles. The van der Waals surface area contributed by atoms with Gasteiger partial charge in [0.05, 0.1) is 18.8 Å². The molecule has 48 valence electrons. The maximum atomic E-state index is 8.40. The summed E-state index contributed by atoms with van der Waals surface area (Å²) < 4.78 is 0. The molecule has 0 aliphatic heterocycles. The fourth-order valence-corrected chi connectivity index (χ4v) is 0.302. The zero-order valence-corrected chi connectivity index (χ0v) is 7.06. The third-order valence-corrected chi connectivity index (χ3v) is 0.418. The van der Waals surface area contributed by atoms with Gasteiger partial charge in [-0.1, -0.05) is 0 Å². The predicted molar refractivity (Wildman–Crippen MR) is 29.0 cm³/mol. The Kier molecular flexibility index (Phi) is 6.81. The molecule has 0 aromatic heterocycles. The van der Waals surface area contributed by atoms with Gasteiger partial charge in [-0.05, 0) is 6.92 Å². The van der Waals surface area contributed by atoms with Crippen LogP contribution in [0.3, 0.4) is 0 Å². The molecule has 0 radical (unpaired) electrons. The first-order valence-electron chi connectivity index (χ1n) is 2.02. The van der Waals surface area contributed by atoms with Crippen LogP contribution in [0.25, 0.3) is 0 Å². The van der Waals surface area contributed by atoms with Crippen molar-refractivity contribution in [3.8, 4) is 0 Å². The Hall–Kier alpha value is -0.102. The molecule has 0 fully saturated rings. The molecule has 2 nitrogen and oxygen atoms in total. The second-order valence-corrected chi connectivity index (χ2v) is 1.43. The summed E-state index contributed by atoms with van der Waals surface area (Å²) >= 11 is 0. The van der Waals surface area contributed by atoms with E-state index in [1.54, 1.807) is 0 Å². The average Bonchev–Trinajstić information content (AvgIpc) is 1.27. The fraction of sp³-hybridized carbons (Fsp3) is 0.400. The van der Waals surface area contributed by atoms with Crippen molar-refractivity contribution in [3.05, 3.63) is 11.8 Å². The van der Waals surface area contributed by atoms with Crippen LogP contribution < -0.4 is 0 Å². The molecule has 0 aromatic carbocycles. The first kappa shape index (κ1) is 10.8. The summed E-state index contributed by atoms with van der Waals surface area (Å²) in [6, 6.07) is 0. The zero-order chi connectivity index (χ0) is 5.86. The number of allylic oxidation sites excluding steroid dienone is 2. The van der Waals surface area contributed by atoms with Crippen molar-refractivity contribution in [2.75, 3.05) is 0 Å². The van der Waals surface area contributed by atoms with Gasteiger partial charge in [-0.2, -0.15) is 0 Å². The van der Waals surface area contributed by atoms with Gasteiger partial charge >= 0.3 is 26.8 Å². The van der Waals surface area contributed by atoms with E-state index in [9.17, 15) is 0 Å². The molecule has 0 atom stereocenters. The van der Waals surface area contributed by atoms with Crippen molar-refractivity contribution in [2.45, 2.75) is 13.8 Å². The van der Waals surface area contributed by atoms with Gasteiger partial charge in [-0.15, -0.1) is 0 Å². The molecule has 0 amide bonds. The Morgan fingerprint density at radius 3 is 1.88 bits per heavy atom. The number of ketones is 1. The molecule has 0 saturated heterocycles. The van der Waals surface area contributed by atoms with E-state index < -0.39 is 0 Å². The van der Waals surface area contributed by atoms with Gasteiger partial charge in [-0.25, -0.2) is 0 Å². The van der Waals surface area contributed by atoms with Crippen LogP contribution >= 0.6 is 0 Å². The Morgan fingerprint density at radius 1 is 1.50 bits per heavy atom. The first-order valence-corrected chi connectivity index (χ1v) is 2.02. The summed E-state index contributed by atoms with van der Waals surface area (Å²) in [5.74, 6) is 0.250. The molecule has 8 heavy (non-hydrogen) atoms. The SMILES string of the molecule is CC(=[OH+])/C=C(/C)O.[Pt+2]. The third-order valence-electron chi connectivity index (χ3n) is 0.418. The van der Waals surface area contributed by atoms with Crippen LogP contribution in [0.5, 0.6) is 0 Å². The first-order chi connectivity index (χ1) is 3.13. The van der Waals surface area contributed by atoms with Crippen molar-refractivity contribution < 1.29 is 31.0 Å². The molecular weight excluding hydrogens is 287 g/mol. The molecule has 3 heteroatoms. The van der Waals surface area contributed by atoms with Crippen molar-refractivity contribution >= 4 is 5.78 Å². The molecule has 0 heterocycles. The summed E-state index contributed by atoms with van der Waals surface area (Å²) in [7, 11) is 0. The fourth-order valence-electron chi connectivity index (χ4n) is 0.302. The molecule has 0 bridgehead atoms. The standard InChI is InChI=1S/C5H8O2.Pt/c1-4(6)3-5(2)7;/h3,6H,1-2H3;/q;+2/p+1/b4-3-;. The van der Waals surface area contributed by atoms with Gasteiger partial charge < -0.3 is 5.11 Å². The van der Waals surface area contributed by atoms with E-state index in [0.29, 0.717) is 0 Å². The van der Waals surface area contributed by atoms with Gasteiger partial charge in [-0.3, -0.25) is 4.79 Å². The van der Waals surface area contributed by atoms with E-state index in [2.05, 4.69) is 0 Å². The van der Waals surface area contributed by atoms with Crippen LogP contribution in [0, 0.1) is 0 Å². The summed E-state index contributed by atoms with van der Waals surface area (Å²) in [6.07, 6.45) is 1.28. The van der Waals surface area contributed by atoms with Crippen molar-refractivity contribution in [2.24, 2.45) is 0 Å². The number of rotatable bonds is 1. The molecule has 0 aliphatic rings. The van der Waals surface area contributed by atoms with Crippen LogP contribution in [0.15, 0.2) is 11.8 Å². The van der Waals surface area contributed by atoms with Gasteiger partial charge in [0.25, 0.3) is 0 Å². The Morgan fingerprint density at radius 2 is 1.88 bits per heavy atom. The number of hydrogen-bond donors (Lipinski definition) is 1. The summed E-state index contributed by atoms with van der Waals surface area (Å²) in [6.45, 7) is 3.00. The monoisotopic (exact) mass is 296 g/mol. The normalized spacial score (nSPS) is 10.0. The molecule has 2 N–H and O–H groups in total. The van der Waals surface area contributed by atoms with Crippen LogP contribution in [0.1, 0.15) is 13.8 Å². The molecule has 0 spiro atoms. The van der Waals surface area contributed by atoms with E-state index in [-0.39, 0.29) is 32.6 Å². The third kappa shape index (κ3) is 9.31. The smallest absolute Gasteiger partial charge is 0.512 e. The molecule has 0 saturated carbocycles. The van der Waals surface area contributed by atoms with Crippen LogP contribution in [-0.2, 0) is 21.1 Å². The van der Waals surface area contributed by atoms with Crippen molar-refractivity contribution in [1.82, 2.24) is 0 Å². The average molecular weight is 296 g/mol. The van der Waals surface area contributed by atoms with E-state index in [1.807, 2.05) is 0 Å². The Bertz CT molecular complexity index is 103. The summed E-state index contributed by atoms with van der Waals surface area (Å²) in [5, 5.41) is 8.40. The topological polar surface area (TPSA) is 41.6 Å². The van der Waals surface area contributed by atoms with Gasteiger partial charge in [0.2, 0.25) is 0 Å².